The van der Waals surface area contributed by atoms with Crippen LogP contribution < -0.4 is 5.11 Å². The molecule has 1 rings (SSSR count). The highest BCUT2D eigenvalue weighted by atomic mass is 32.2. The van der Waals surface area contributed by atoms with Crippen molar-refractivity contribution in [1.82, 2.24) is 0 Å². The minimum atomic E-state index is -3.67. The van der Waals surface area contributed by atoms with Crippen molar-refractivity contribution in [3.63, 3.8) is 0 Å². The first-order chi connectivity index (χ1) is 6.56. The number of benzene rings is 1. The van der Waals surface area contributed by atoms with Crippen LogP contribution in [0.4, 0.5) is 0 Å². The standard InChI is InChI=1S/C9H10O4S/c1-13-9(10)7-14(11,12)8-5-3-2-4-6-8/h2-7,10H,1H3/p-1/b9-7+. The summed E-state index contributed by atoms with van der Waals surface area (Å²) in [6, 6.07) is 7.68. The summed E-state index contributed by atoms with van der Waals surface area (Å²) in [5.41, 5.74) is 0. The molecule has 0 heterocycles. The first-order valence-corrected chi connectivity index (χ1v) is 5.34. The van der Waals surface area contributed by atoms with Crippen LogP contribution in [0.15, 0.2) is 46.6 Å². The smallest absolute Gasteiger partial charge is 0.201 e. The van der Waals surface area contributed by atoms with E-state index >= 15 is 0 Å². The first kappa shape index (κ1) is 10.6. The van der Waals surface area contributed by atoms with Crippen molar-refractivity contribution in [2.75, 3.05) is 7.11 Å². The third-order valence-corrected chi connectivity index (χ3v) is 2.96. The predicted molar refractivity (Wildman–Crippen MR) is 48.7 cm³/mol. The number of rotatable bonds is 3. The molecular formula is C9H9O4S-. The predicted octanol–water partition coefficient (Wildman–Crippen LogP) is 0.266. The van der Waals surface area contributed by atoms with Gasteiger partial charge in [-0.25, -0.2) is 8.42 Å². The van der Waals surface area contributed by atoms with Crippen molar-refractivity contribution in [3.8, 4) is 0 Å². The van der Waals surface area contributed by atoms with Gasteiger partial charge in [0.2, 0.25) is 9.84 Å². The number of hydrogen-bond donors (Lipinski definition) is 0. The molecule has 5 heteroatoms. The van der Waals surface area contributed by atoms with Crippen LogP contribution in [0.25, 0.3) is 0 Å². The second-order valence-corrected chi connectivity index (χ2v) is 4.30. The molecule has 0 aliphatic rings. The van der Waals surface area contributed by atoms with Gasteiger partial charge >= 0.3 is 0 Å². The van der Waals surface area contributed by atoms with E-state index in [9.17, 15) is 13.5 Å². The van der Waals surface area contributed by atoms with Crippen molar-refractivity contribution >= 4 is 9.84 Å². The highest BCUT2D eigenvalue weighted by Crippen LogP contribution is 2.11. The Morgan fingerprint density at radius 1 is 1.36 bits per heavy atom. The van der Waals surface area contributed by atoms with E-state index < -0.39 is 15.8 Å². The Bertz CT molecular complexity index is 419. The van der Waals surface area contributed by atoms with Crippen molar-refractivity contribution < 1.29 is 18.3 Å². The second kappa shape index (κ2) is 4.15. The average molecular weight is 213 g/mol. The number of ether oxygens (including phenoxy) is 1. The maximum absolute atomic E-state index is 11.4. The summed E-state index contributed by atoms with van der Waals surface area (Å²) in [7, 11) is -2.55. The van der Waals surface area contributed by atoms with Crippen molar-refractivity contribution in [1.29, 1.82) is 0 Å². The monoisotopic (exact) mass is 213 g/mol. The highest BCUT2D eigenvalue weighted by Gasteiger charge is 2.09. The average Bonchev–Trinajstić information content (AvgIpc) is 2.18. The van der Waals surface area contributed by atoms with Crippen LogP contribution in [-0.2, 0) is 14.6 Å². The molecule has 0 aromatic heterocycles. The summed E-state index contributed by atoms with van der Waals surface area (Å²) in [6.07, 6.45) is 0. The van der Waals surface area contributed by atoms with Crippen LogP contribution in [0, 0.1) is 0 Å². The molecule has 0 saturated heterocycles. The number of hydrogen-bond acceptors (Lipinski definition) is 4. The molecule has 76 valence electrons. The largest absolute Gasteiger partial charge is 0.616 e. The van der Waals surface area contributed by atoms with E-state index in [-0.39, 0.29) is 4.90 Å². The molecule has 1 aromatic carbocycles. The Hall–Kier alpha value is -1.49. The highest BCUT2D eigenvalue weighted by molar-refractivity contribution is 7.94. The Morgan fingerprint density at radius 3 is 2.43 bits per heavy atom. The maximum Gasteiger partial charge on any atom is 0.201 e. The Labute approximate surface area is 82.4 Å². The minimum absolute atomic E-state index is 0.0744. The maximum atomic E-state index is 11.4. The molecule has 0 spiro atoms. The molecule has 4 nitrogen and oxygen atoms in total. The molecule has 0 radical (unpaired) electrons. The van der Waals surface area contributed by atoms with E-state index in [1.807, 2.05) is 0 Å². The fraction of sp³-hybridized carbons (Fsp3) is 0.111. The molecule has 1 aromatic rings. The summed E-state index contributed by atoms with van der Waals surface area (Å²) in [4.78, 5) is 0.0744. The number of sulfone groups is 1. The first-order valence-electron chi connectivity index (χ1n) is 3.79. The zero-order valence-electron chi connectivity index (χ0n) is 7.51. The Balaban J connectivity index is 3.11. The molecule has 14 heavy (non-hydrogen) atoms. The van der Waals surface area contributed by atoms with Gasteiger partial charge in [0.15, 0.2) is 0 Å². The molecule has 0 bridgehead atoms. The van der Waals surface area contributed by atoms with Crippen LogP contribution in [-0.4, -0.2) is 15.5 Å². The van der Waals surface area contributed by atoms with Crippen LogP contribution in [0.3, 0.4) is 0 Å². The molecule has 0 saturated carbocycles. The molecule has 0 unspecified atom stereocenters. The third kappa shape index (κ3) is 2.50. The molecule has 0 amide bonds. The van der Waals surface area contributed by atoms with Crippen LogP contribution in [0.1, 0.15) is 0 Å². The van der Waals surface area contributed by atoms with Crippen molar-refractivity contribution in [2.45, 2.75) is 4.90 Å². The molecule has 0 aliphatic heterocycles. The zero-order chi connectivity index (χ0) is 10.6. The van der Waals surface area contributed by atoms with E-state index in [2.05, 4.69) is 4.74 Å². The van der Waals surface area contributed by atoms with Crippen LogP contribution >= 0.6 is 0 Å². The summed E-state index contributed by atoms with van der Waals surface area (Å²) in [5.74, 6) is -0.881. The van der Waals surface area contributed by atoms with Gasteiger partial charge in [-0.2, -0.15) is 0 Å². The fourth-order valence-corrected chi connectivity index (χ4v) is 1.88. The second-order valence-electron chi connectivity index (χ2n) is 2.50. The van der Waals surface area contributed by atoms with Gasteiger partial charge in [0.25, 0.3) is 0 Å². The molecule has 0 fully saturated rings. The van der Waals surface area contributed by atoms with E-state index in [1.54, 1.807) is 18.2 Å². The fourth-order valence-electron chi connectivity index (χ4n) is 0.853. The number of methoxy groups -OCH3 is 1. The van der Waals surface area contributed by atoms with Gasteiger partial charge in [0.1, 0.15) is 0 Å². The van der Waals surface area contributed by atoms with Crippen molar-refractivity contribution in [2.24, 2.45) is 0 Å². The van der Waals surface area contributed by atoms with Gasteiger partial charge in [-0.1, -0.05) is 18.2 Å². The van der Waals surface area contributed by atoms with Gasteiger partial charge < -0.3 is 9.84 Å². The van der Waals surface area contributed by atoms with Gasteiger partial charge in [-0.05, 0) is 19.2 Å². The SMILES string of the molecule is CO/C([O-])=C/S(=O)(=O)c1ccccc1. The summed E-state index contributed by atoms with van der Waals surface area (Å²) < 4.78 is 27.1. The van der Waals surface area contributed by atoms with E-state index in [4.69, 9.17) is 0 Å². The third-order valence-electron chi connectivity index (χ3n) is 1.52. The normalized spacial score (nSPS) is 12.5. The lowest BCUT2D eigenvalue weighted by Crippen LogP contribution is -2.09. The molecule has 0 aliphatic carbocycles. The van der Waals surface area contributed by atoms with E-state index in [0.717, 1.165) is 7.11 Å². The molecule has 0 atom stereocenters. The van der Waals surface area contributed by atoms with Crippen molar-refractivity contribution in [3.05, 3.63) is 41.7 Å². The lowest BCUT2D eigenvalue weighted by atomic mass is 10.4. The topological polar surface area (TPSA) is 66.4 Å². The van der Waals surface area contributed by atoms with Crippen LogP contribution in [0.5, 0.6) is 0 Å². The van der Waals surface area contributed by atoms with Gasteiger partial charge in [-0.3, -0.25) is 0 Å². The molecule has 0 N–H and O–H groups in total. The quantitative estimate of drug-likeness (QED) is 0.676. The van der Waals surface area contributed by atoms with Gasteiger partial charge in [0, 0.05) is 0 Å². The van der Waals surface area contributed by atoms with Gasteiger partial charge in [0.05, 0.1) is 16.2 Å². The summed E-state index contributed by atoms with van der Waals surface area (Å²) in [6.45, 7) is 0. The summed E-state index contributed by atoms with van der Waals surface area (Å²) >= 11 is 0. The summed E-state index contributed by atoms with van der Waals surface area (Å²) in [5, 5.41) is 11.3. The lowest BCUT2D eigenvalue weighted by molar-refractivity contribution is -0.352. The van der Waals surface area contributed by atoms with Gasteiger partial charge in [-0.15, -0.1) is 0 Å². The minimum Gasteiger partial charge on any atom is -0.616 e. The lowest BCUT2D eigenvalue weighted by Gasteiger charge is -2.07. The van der Waals surface area contributed by atoms with E-state index in [1.165, 1.54) is 12.1 Å². The molecular weight excluding hydrogens is 204 g/mol. The Kier molecular flexibility index (Phi) is 3.14. The van der Waals surface area contributed by atoms with E-state index in [0.29, 0.717) is 5.41 Å². The zero-order valence-corrected chi connectivity index (χ0v) is 8.32. The van der Waals surface area contributed by atoms with Crippen LogP contribution in [0.2, 0.25) is 0 Å². The Morgan fingerprint density at radius 2 is 1.93 bits per heavy atom.